The van der Waals surface area contributed by atoms with E-state index in [0.717, 1.165) is 21.0 Å². The van der Waals surface area contributed by atoms with Crippen molar-refractivity contribution in [1.82, 2.24) is 15.5 Å². The lowest BCUT2D eigenvalue weighted by atomic mass is 10.0. The number of nitrogens with one attached hydrogen (secondary N) is 2. The van der Waals surface area contributed by atoms with E-state index in [4.69, 9.17) is 4.74 Å². The zero-order valence-electron chi connectivity index (χ0n) is 22.6. The topological polar surface area (TPSA) is 105 Å². The summed E-state index contributed by atoms with van der Waals surface area (Å²) in [6.45, 7) is 1.79. The summed E-state index contributed by atoms with van der Waals surface area (Å²) in [5.74, 6) is -0.390. The summed E-state index contributed by atoms with van der Waals surface area (Å²) in [5, 5.41) is 7.03. The molecule has 216 valence electrons. The van der Waals surface area contributed by atoms with Gasteiger partial charge in [-0.25, -0.2) is 13.2 Å². The number of amides is 3. The molecule has 1 fully saturated rings. The SMILES string of the molecule is O=C(NC(/C=C/S(=O)(=O)c1ccc(Br)cc1)CCc1ccccc1)C(Cc1ccccc1)NC(=O)N1CCOCC1. The fourth-order valence-corrected chi connectivity index (χ4v) is 5.77. The molecule has 8 nitrogen and oxygen atoms in total. The number of ether oxygens (including phenoxy) is 1. The molecule has 0 aliphatic carbocycles. The van der Waals surface area contributed by atoms with Crippen molar-refractivity contribution in [3.8, 4) is 0 Å². The number of hydrogen-bond acceptors (Lipinski definition) is 5. The van der Waals surface area contributed by atoms with Crippen molar-refractivity contribution in [3.05, 3.63) is 112 Å². The second-order valence-electron chi connectivity index (χ2n) is 9.76. The molecular formula is C31H34BrN3O5S. The fraction of sp³-hybridized carbons (Fsp3) is 0.290. The Hall–Kier alpha value is -3.47. The van der Waals surface area contributed by atoms with Crippen LogP contribution in [0.2, 0.25) is 0 Å². The highest BCUT2D eigenvalue weighted by Gasteiger charge is 2.26. The number of sulfone groups is 1. The normalized spacial score (nSPS) is 15.3. The van der Waals surface area contributed by atoms with Gasteiger partial charge in [-0.1, -0.05) is 82.7 Å². The van der Waals surface area contributed by atoms with Gasteiger partial charge in [0.1, 0.15) is 6.04 Å². The second-order valence-corrected chi connectivity index (χ2v) is 12.5. The molecule has 41 heavy (non-hydrogen) atoms. The van der Waals surface area contributed by atoms with Crippen molar-refractivity contribution >= 4 is 37.7 Å². The number of rotatable bonds is 11. The lowest BCUT2D eigenvalue weighted by Gasteiger charge is -2.29. The highest BCUT2D eigenvalue weighted by molar-refractivity contribution is 9.10. The quantitative estimate of drug-likeness (QED) is 0.321. The van der Waals surface area contributed by atoms with Crippen LogP contribution in [0.3, 0.4) is 0 Å². The van der Waals surface area contributed by atoms with Gasteiger partial charge in [0, 0.05) is 35.4 Å². The molecule has 0 spiro atoms. The number of urea groups is 1. The minimum Gasteiger partial charge on any atom is -0.378 e. The third-order valence-electron chi connectivity index (χ3n) is 6.74. The van der Waals surface area contributed by atoms with E-state index in [1.54, 1.807) is 17.0 Å². The van der Waals surface area contributed by atoms with Crippen LogP contribution >= 0.6 is 15.9 Å². The first-order valence-corrected chi connectivity index (χ1v) is 15.8. The number of morpholine rings is 1. The molecule has 1 heterocycles. The van der Waals surface area contributed by atoms with Crippen LogP contribution in [-0.2, 0) is 32.2 Å². The average Bonchev–Trinajstić information content (AvgIpc) is 3.00. The Balaban J connectivity index is 1.53. The molecular weight excluding hydrogens is 606 g/mol. The van der Waals surface area contributed by atoms with Crippen molar-refractivity contribution < 1.29 is 22.7 Å². The second kappa shape index (κ2) is 15.0. The van der Waals surface area contributed by atoms with Gasteiger partial charge in [0.2, 0.25) is 5.91 Å². The van der Waals surface area contributed by atoms with Gasteiger partial charge >= 0.3 is 6.03 Å². The number of carbonyl (C=O) groups is 2. The summed E-state index contributed by atoms with van der Waals surface area (Å²) in [6.07, 6.45) is 2.90. The van der Waals surface area contributed by atoms with Crippen LogP contribution in [0.1, 0.15) is 17.5 Å². The molecule has 1 aliphatic rings. The molecule has 0 radical (unpaired) electrons. The van der Waals surface area contributed by atoms with Crippen molar-refractivity contribution in [2.75, 3.05) is 26.3 Å². The largest absolute Gasteiger partial charge is 0.378 e. The van der Waals surface area contributed by atoms with Crippen LogP contribution in [0, 0.1) is 0 Å². The van der Waals surface area contributed by atoms with E-state index >= 15 is 0 Å². The molecule has 0 aromatic heterocycles. The predicted octanol–water partition coefficient (Wildman–Crippen LogP) is 4.51. The molecule has 0 bridgehead atoms. The third kappa shape index (κ3) is 9.55. The van der Waals surface area contributed by atoms with Crippen LogP contribution in [0.5, 0.6) is 0 Å². The maximum atomic E-state index is 13.7. The first kappa shape index (κ1) is 30.5. The van der Waals surface area contributed by atoms with Crippen molar-refractivity contribution in [3.63, 3.8) is 0 Å². The number of aryl methyl sites for hydroxylation is 1. The van der Waals surface area contributed by atoms with Crippen molar-refractivity contribution in [1.29, 1.82) is 0 Å². The number of benzene rings is 3. The Labute approximate surface area is 249 Å². The molecule has 0 saturated carbocycles. The molecule has 10 heteroatoms. The van der Waals surface area contributed by atoms with E-state index < -0.39 is 21.9 Å². The number of carbonyl (C=O) groups excluding carboxylic acids is 2. The van der Waals surface area contributed by atoms with Gasteiger partial charge in [-0.05, 0) is 48.2 Å². The lowest BCUT2D eigenvalue weighted by molar-refractivity contribution is -0.123. The van der Waals surface area contributed by atoms with E-state index in [1.807, 2.05) is 60.7 Å². The first-order chi connectivity index (χ1) is 19.8. The van der Waals surface area contributed by atoms with E-state index in [1.165, 1.54) is 18.2 Å². The molecule has 2 unspecified atom stereocenters. The minimum atomic E-state index is -3.73. The zero-order chi connectivity index (χ0) is 29.1. The van der Waals surface area contributed by atoms with Gasteiger partial charge < -0.3 is 20.3 Å². The van der Waals surface area contributed by atoms with Gasteiger partial charge in [-0.2, -0.15) is 0 Å². The molecule has 1 aliphatic heterocycles. The van der Waals surface area contributed by atoms with E-state index in [2.05, 4.69) is 26.6 Å². The smallest absolute Gasteiger partial charge is 0.318 e. The fourth-order valence-electron chi connectivity index (χ4n) is 4.43. The number of halogens is 1. The summed E-state index contributed by atoms with van der Waals surface area (Å²) in [6, 6.07) is 23.8. The maximum Gasteiger partial charge on any atom is 0.318 e. The molecule has 3 aromatic carbocycles. The Kier molecular flexibility index (Phi) is 11.1. The van der Waals surface area contributed by atoms with Crippen LogP contribution in [-0.4, -0.2) is 63.6 Å². The summed E-state index contributed by atoms with van der Waals surface area (Å²) in [7, 11) is -3.73. The Morgan fingerprint density at radius 2 is 1.49 bits per heavy atom. The molecule has 4 rings (SSSR count). The summed E-state index contributed by atoms with van der Waals surface area (Å²) >= 11 is 3.32. The average molecular weight is 641 g/mol. The molecule has 3 amide bonds. The lowest BCUT2D eigenvalue weighted by Crippen LogP contribution is -2.55. The van der Waals surface area contributed by atoms with Crippen LogP contribution in [0.4, 0.5) is 4.79 Å². The summed E-state index contributed by atoms with van der Waals surface area (Å²) in [5.41, 5.74) is 1.96. The molecule has 3 aromatic rings. The van der Waals surface area contributed by atoms with E-state index in [-0.39, 0.29) is 23.3 Å². The first-order valence-electron chi connectivity index (χ1n) is 13.5. The number of hydrogen-bond donors (Lipinski definition) is 2. The van der Waals surface area contributed by atoms with Gasteiger partial charge in [-0.3, -0.25) is 4.79 Å². The maximum absolute atomic E-state index is 13.7. The van der Waals surface area contributed by atoms with E-state index in [9.17, 15) is 18.0 Å². The Morgan fingerprint density at radius 1 is 0.878 bits per heavy atom. The third-order valence-corrected chi connectivity index (χ3v) is 8.72. The molecule has 1 saturated heterocycles. The highest BCUT2D eigenvalue weighted by Crippen LogP contribution is 2.17. The monoisotopic (exact) mass is 639 g/mol. The van der Waals surface area contributed by atoms with Crippen LogP contribution in [0.15, 0.2) is 106 Å². The minimum absolute atomic E-state index is 0.157. The summed E-state index contributed by atoms with van der Waals surface area (Å²) < 4.78 is 32.2. The zero-order valence-corrected chi connectivity index (χ0v) is 25.0. The highest BCUT2D eigenvalue weighted by atomic mass is 79.9. The van der Waals surface area contributed by atoms with Gasteiger partial charge in [0.25, 0.3) is 0 Å². The van der Waals surface area contributed by atoms with Gasteiger partial charge in [-0.15, -0.1) is 0 Å². The van der Waals surface area contributed by atoms with Crippen LogP contribution < -0.4 is 10.6 Å². The number of nitrogens with zero attached hydrogens (tertiary/aromatic N) is 1. The van der Waals surface area contributed by atoms with Crippen LogP contribution in [0.25, 0.3) is 0 Å². The molecule has 2 atom stereocenters. The van der Waals surface area contributed by atoms with Crippen molar-refractivity contribution in [2.24, 2.45) is 0 Å². The van der Waals surface area contributed by atoms with Crippen molar-refractivity contribution in [2.45, 2.75) is 36.2 Å². The summed E-state index contributed by atoms with van der Waals surface area (Å²) in [4.78, 5) is 28.5. The predicted molar refractivity (Wildman–Crippen MR) is 162 cm³/mol. The van der Waals surface area contributed by atoms with E-state index in [0.29, 0.717) is 39.1 Å². The standard InChI is InChI=1S/C31H34BrN3O5S/c32-26-12-15-28(16-13-26)41(38,39)22-17-27(14-11-24-7-3-1-4-8-24)33-30(36)29(23-25-9-5-2-6-10-25)34-31(37)35-18-20-40-21-19-35/h1-10,12-13,15-17,22,27,29H,11,14,18-21,23H2,(H,33,36)(H,34,37)/b22-17+. The molecule has 2 N–H and O–H groups in total. The van der Waals surface area contributed by atoms with Gasteiger partial charge in [0.05, 0.1) is 18.1 Å². The van der Waals surface area contributed by atoms with Gasteiger partial charge in [0.15, 0.2) is 9.84 Å². The Bertz CT molecular complexity index is 1410. The Morgan fingerprint density at radius 3 is 2.12 bits per heavy atom.